The zero-order valence-corrected chi connectivity index (χ0v) is 11.2. The minimum Gasteiger partial charge on any atom is -0.493 e. The van der Waals surface area contributed by atoms with E-state index in [2.05, 4.69) is 20.4 Å². The van der Waals surface area contributed by atoms with Crippen molar-refractivity contribution in [3.8, 4) is 0 Å². The molecule has 0 amide bonds. The summed E-state index contributed by atoms with van der Waals surface area (Å²) in [7, 11) is 0. The van der Waals surface area contributed by atoms with Gasteiger partial charge in [-0.15, -0.1) is 0 Å². The number of hydrogen-bond donors (Lipinski definition) is 1. The number of rotatable bonds is 10. The highest BCUT2D eigenvalue weighted by Gasteiger charge is 2.07. The summed E-state index contributed by atoms with van der Waals surface area (Å²) in [4.78, 5) is 0. The lowest BCUT2D eigenvalue weighted by atomic mass is 9.99. The lowest BCUT2D eigenvalue weighted by Gasteiger charge is -2.16. The fraction of sp³-hybridized carbons (Fsp3) is 0.600. The van der Waals surface area contributed by atoms with E-state index in [-0.39, 0.29) is 6.61 Å². The molecule has 0 atom stereocenters. The molecule has 0 aliphatic heterocycles. The molecule has 0 heterocycles. The van der Waals surface area contributed by atoms with Gasteiger partial charge in [-0.2, -0.15) is 0 Å². The second kappa shape index (κ2) is 11.5. The molecule has 0 aromatic carbocycles. The van der Waals surface area contributed by atoms with Crippen LogP contribution in [-0.4, -0.2) is 18.3 Å². The van der Waals surface area contributed by atoms with Crippen LogP contribution in [0.4, 0.5) is 0 Å². The van der Waals surface area contributed by atoms with Gasteiger partial charge in [0.1, 0.15) is 5.76 Å². The van der Waals surface area contributed by atoms with Gasteiger partial charge in [0.05, 0.1) is 13.2 Å². The standard InChI is InChI=1S/C15H26O2/c1-4-8-14(9-5-2)13-17-15(10-6-3)11-7-12-16/h6-7,10-11,14,16H,3-5,8-9,12-13H2,1-2H3/b11-7+,15-10+. The largest absolute Gasteiger partial charge is 0.493 e. The highest BCUT2D eigenvalue weighted by molar-refractivity contribution is 5.17. The number of hydrogen-bond acceptors (Lipinski definition) is 2. The summed E-state index contributed by atoms with van der Waals surface area (Å²) < 4.78 is 5.74. The summed E-state index contributed by atoms with van der Waals surface area (Å²) in [6.07, 6.45) is 11.8. The number of allylic oxidation sites excluding steroid dienone is 3. The van der Waals surface area contributed by atoms with Gasteiger partial charge in [0.15, 0.2) is 0 Å². The second-order valence-electron chi connectivity index (χ2n) is 4.14. The van der Waals surface area contributed by atoms with Gasteiger partial charge in [0, 0.05) is 0 Å². The SMILES string of the molecule is C=C/C=C(\C=C\CO)OCC(CCC)CCC. The third-order valence-corrected chi connectivity index (χ3v) is 2.55. The summed E-state index contributed by atoms with van der Waals surface area (Å²) in [6, 6.07) is 0. The molecule has 2 heteroatoms. The molecule has 0 spiro atoms. The first kappa shape index (κ1) is 16.0. The van der Waals surface area contributed by atoms with Crippen LogP contribution in [-0.2, 0) is 4.74 Å². The van der Waals surface area contributed by atoms with Gasteiger partial charge in [-0.3, -0.25) is 0 Å². The molecule has 0 aromatic rings. The highest BCUT2D eigenvalue weighted by Crippen LogP contribution is 2.15. The van der Waals surface area contributed by atoms with Crippen LogP contribution in [0.2, 0.25) is 0 Å². The van der Waals surface area contributed by atoms with Crippen LogP contribution in [0, 0.1) is 5.92 Å². The van der Waals surface area contributed by atoms with Gasteiger partial charge in [0.25, 0.3) is 0 Å². The maximum atomic E-state index is 8.73. The van der Waals surface area contributed by atoms with Crippen LogP contribution < -0.4 is 0 Å². The van der Waals surface area contributed by atoms with Crippen LogP contribution in [0.3, 0.4) is 0 Å². The van der Waals surface area contributed by atoms with Gasteiger partial charge in [0.2, 0.25) is 0 Å². The van der Waals surface area contributed by atoms with Gasteiger partial charge in [-0.25, -0.2) is 0 Å². The van der Waals surface area contributed by atoms with Crippen molar-refractivity contribution in [2.24, 2.45) is 5.92 Å². The Bertz CT molecular complexity index is 235. The summed E-state index contributed by atoms with van der Waals surface area (Å²) in [5, 5.41) is 8.73. The molecule has 17 heavy (non-hydrogen) atoms. The predicted octanol–water partition coefficient (Wildman–Crippen LogP) is 3.84. The van der Waals surface area contributed by atoms with E-state index >= 15 is 0 Å². The first-order valence-corrected chi connectivity index (χ1v) is 6.51. The summed E-state index contributed by atoms with van der Waals surface area (Å²) in [6.45, 7) is 8.84. The Labute approximate surface area is 106 Å². The van der Waals surface area contributed by atoms with E-state index in [1.807, 2.05) is 6.08 Å². The van der Waals surface area contributed by atoms with Crippen LogP contribution in [0.1, 0.15) is 39.5 Å². The van der Waals surface area contributed by atoms with Crippen LogP contribution >= 0.6 is 0 Å². The van der Waals surface area contributed by atoms with Crippen molar-refractivity contribution in [1.29, 1.82) is 0 Å². The molecule has 0 aliphatic rings. The molecule has 0 saturated carbocycles. The van der Waals surface area contributed by atoms with E-state index in [9.17, 15) is 0 Å². The van der Waals surface area contributed by atoms with Gasteiger partial charge in [-0.05, 0) is 30.9 Å². The topological polar surface area (TPSA) is 29.5 Å². The predicted molar refractivity (Wildman–Crippen MR) is 73.8 cm³/mol. The molecule has 0 fully saturated rings. The third kappa shape index (κ3) is 8.75. The number of ether oxygens (including phenoxy) is 1. The fourth-order valence-corrected chi connectivity index (χ4v) is 1.78. The Hall–Kier alpha value is -1.02. The van der Waals surface area contributed by atoms with E-state index in [0.717, 1.165) is 12.4 Å². The van der Waals surface area contributed by atoms with E-state index in [4.69, 9.17) is 9.84 Å². The fourth-order valence-electron chi connectivity index (χ4n) is 1.78. The molecular weight excluding hydrogens is 212 g/mol. The Balaban J connectivity index is 4.20. The van der Waals surface area contributed by atoms with Crippen molar-refractivity contribution in [3.05, 3.63) is 36.6 Å². The Morgan fingerprint density at radius 1 is 1.29 bits per heavy atom. The first-order valence-electron chi connectivity index (χ1n) is 6.51. The van der Waals surface area contributed by atoms with E-state index < -0.39 is 0 Å². The van der Waals surface area contributed by atoms with Gasteiger partial charge >= 0.3 is 0 Å². The minimum absolute atomic E-state index is 0.0329. The Morgan fingerprint density at radius 2 is 1.94 bits per heavy atom. The maximum Gasteiger partial charge on any atom is 0.119 e. The second-order valence-corrected chi connectivity index (χ2v) is 4.14. The smallest absolute Gasteiger partial charge is 0.119 e. The maximum absolute atomic E-state index is 8.73. The highest BCUT2D eigenvalue weighted by atomic mass is 16.5. The molecule has 0 saturated heterocycles. The third-order valence-electron chi connectivity index (χ3n) is 2.55. The molecule has 98 valence electrons. The molecule has 0 unspecified atom stereocenters. The molecule has 0 radical (unpaired) electrons. The van der Waals surface area contributed by atoms with Crippen LogP contribution in [0.25, 0.3) is 0 Å². The van der Waals surface area contributed by atoms with Crippen molar-refractivity contribution in [2.75, 3.05) is 13.2 Å². The summed E-state index contributed by atoms with van der Waals surface area (Å²) in [5.74, 6) is 1.40. The Morgan fingerprint density at radius 3 is 2.41 bits per heavy atom. The number of aliphatic hydroxyl groups excluding tert-OH is 1. The van der Waals surface area contributed by atoms with E-state index in [1.54, 1.807) is 18.2 Å². The average Bonchev–Trinajstić information content (AvgIpc) is 2.33. The van der Waals surface area contributed by atoms with Crippen molar-refractivity contribution >= 4 is 0 Å². The lowest BCUT2D eigenvalue weighted by molar-refractivity contribution is 0.162. The lowest BCUT2D eigenvalue weighted by Crippen LogP contribution is -2.09. The zero-order chi connectivity index (χ0) is 12.9. The Kier molecular flexibility index (Phi) is 10.8. The molecule has 0 rings (SSSR count). The van der Waals surface area contributed by atoms with Crippen molar-refractivity contribution in [1.82, 2.24) is 0 Å². The van der Waals surface area contributed by atoms with E-state index in [1.165, 1.54) is 25.7 Å². The van der Waals surface area contributed by atoms with Crippen molar-refractivity contribution in [2.45, 2.75) is 39.5 Å². The molecular formula is C15H26O2. The minimum atomic E-state index is 0.0329. The van der Waals surface area contributed by atoms with Gasteiger partial charge < -0.3 is 9.84 Å². The molecule has 0 aromatic heterocycles. The molecule has 1 N–H and O–H groups in total. The van der Waals surface area contributed by atoms with Crippen LogP contribution in [0.5, 0.6) is 0 Å². The first-order chi connectivity index (χ1) is 8.28. The zero-order valence-electron chi connectivity index (χ0n) is 11.2. The molecule has 2 nitrogen and oxygen atoms in total. The van der Waals surface area contributed by atoms with E-state index in [0.29, 0.717) is 5.92 Å². The molecule has 0 aliphatic carbocycles. The monoisotopic (exact) mass is 238 g/mol. The van der Waals surface area contributed by atoms with Gasteiger partial charge in [-0.1, -0.05) is 45.4 Å². The van der Waals surface area contributed by atoms with Crippen molar-refractivity contribution in [3.63, 3.8) is 0 Å². The average molecular weight is 238 g/mol. The summed E-state index contributed by atoms with van der Waals surface area (Å²) in [5.41, 5.74) is 0. The summed E-state index contributed by atoms with van der Waals surface area (Å²) >= 11 is 0. The molecule has 0 bridgehead atoms. The van der Waals surface area contributed by atoms with Crippen LogP contribution in [0.15, 0.2) is 36.6 Å². The van der Waals surface area contributed by atoms with Crippen molar-refractivity contribution < 1.29 is 9.84 Å². The normalized spacial score (nSPS) is 12.4. The quantitative estimate of drug-likeness (QED) is 0.463. The number of aliphatic hydroxyl groups is 1.